The Morgan fingerprint density at radius 2 is 2.07 bits per heavy atom. The molecule has 0 amide bonds. The molecule has 1 fully saturated rings. The molecule has 1 aliphatic carbocycles. The normalized spacial score (nSPS) is 30.4. The van der Waals surface area contributed by atoms with Crippen LogP contribution in [0.2, 0.25) is 0 Å². The Morgan fingerprint density at radius 3 is 2.67 bits per heavy atom. The molecule has 4 atom stereocenters. The highest BCUT2D eigenvalue weighted by Crippen LogP contribution is 2.25. The molecule has 0 radical (unpaired) electrons. The van der Waals surface area contributed by atoms with E-state index < -0.39 is 0 Å². The number of nitrogens with one attached hydrogen (secondary N) is 1. The summed E-state index contributed by atoms with van der Waals surface area (Å²) in [5.74, 6) is 1.56. The summed E-state index contributed by atoms with van der Waals surface area (Å²) in [6, 6.07) is 1.34. The van der Waals surface area contributed by atoms with Crippen LogP contribution in [0.4, 0.5) is 0 Å². The molecule has 1 saturated carbocycles. The minimum atomic E-state index is 0.650. The molecule has 90 valence electrons. The monoisotopic (exact) mass is 212 g/mol. The van der Waals surface area contributed by atoms with Crippen molar-refractivity contribution in [1.82, 2.24) is 5.32 Å². The fraction of sp³-hybridized carbons (Fsp3) is 1.00. The van der Waals surface area contributed by atoms with Gasteiger partial charge in [0.15, 0.2) is 0 Å². The van der Waals surface area contributed by atoms with Crippen molar-refractivity contribution in [2.45, 2.75) is 65.0 Å². The van der Waals surface area contributed by atoms with Crippen molar-refractivity contribution < 1.29 is 0 Å². The van der Waals surface area contributed by atoms with Crippen LogP contribution in [0, 0.1) is 11.8 Å². The van der Waals surface area contributed by atoms with Crippen molar-refractivity contribution >= 4 is 0 Å². The summed E-state index contributed by atoms with van der Waals surface area (Å²) < 4.78 is 0. The van der Waals surface area contributed by atoms with Crippen molar-refractivity contribution in [1.29, 1.82) is 0 Å². The Hall–Kier alpha value is -0.0800. The number of rotatable bonds is 6. The summed E-state index contributed by atoms with van der Waals surface area (Å²) in [6.45, 7) is 7.79. The van der Waals surface area contributed by atoms with E-state index in [0.29, 0.717) is 12.1 Å². The molecular weight excluding hydrogens is 184 g/mol. The zero-order chi connectivity index (χ0) is 11.3. The van der Waals surface area contributed by atoms with Crippen LogP contribution in [0.1, 0.15) is 52.9 Å². The Kier molecular flexibility index (Phi) is 5.62. The fourth-order valence-electron chi connectivity index (χ4n) is 2.74. The van der Waals surface area contributed by atoms with Gasteiger partial charge in [0, 0.05) is 12.1 Å². The summed E-state index contributed by atoms with van der Waals surface area (Å²) in [7, 11) is 0. The third-order valence-corrected chi connectivity index (χ3v) is 3.91. The molecule has 0 aliphatic heterocycles. The van der Waals surface area contributed by atoms with Gasteiger partial charge in [0.2, 0.25) is 0 Å². The summed E-state index contributed by atoms with van der Waals surface area (Å²) in [5, 5.41) is 3.77. The molecule has 3 N–H and O–H groups in total. The van der Waals surface area contributed by atoms with Gasteiger partial charge >= 0.3 is 0 Å². The molecule has 15 heavy (non-hydrogen) atoms. The van der Waals surface area contributed by atoms with Crippen LogP contribution >= 0.6 is 0 Å². The maximum Gasteiger partial charge on any atom is 0.0110 e. The number of hydrogen-bond donors (Lipinski definition) is 2. The zero-order valence-electron chi connectivity index (χ0n) is 10.6. The molecule has 4 unspecified atom stereocenters. The average molecular weight is 212 g/mol. The van der Waals surface area contributed by atoms with Crippen molar-refractivity contribution in [3.8, 4) is 0 Å². The molecule has 0 aromatic heterocycles. The highest BCUT2D eigenvalue weighted by atomic mass is 15.0. The second kappa shape index (κ2) is 6.49. The van der Waals surface area contributed by atoms with Gasteiger partial charge in [0.1, 0.15) is 0 Å². The van der Waals surface area contributed by atoms with Crippen molar-refractivity contribution in [2.24, 2.45) is 17.6 Å². The van der Waals surface area contributed by atoms with Crippen molar-refractivity contribution in [3.63, 3.8) is 0 Å². The van der Waals surface area contributed by atoms with Gasteiger partial charge in [-0.1, -0.05) is 26.7 Å². The van der Waals surface area contributed by atoms with Gasteiger partial charge in [0.25, 0.3) is 0 Å². The lowest BCUT2D eigenvalue weighted by atomic mass is 9.98. The Labute approximate surface area is 95.0 Å². The second-order valence-electron chi connectivity index (χ2n) is 5.35. The van der Waals surface area contributed by atoms with Crippen molar-refractivity contribution in [2.75, 3.05) is 6.54 Å². The Bertz CT molecular complexity index is 170. The number of hydrogen-bond acceptors (Lipinski definition) is 2. The topological polar surface area (TPSA) is 38.0 Å². The molecule has 0 aromatic carbocycles. The SMILES string of the molecule is CCC(C)CC(C)NC1CCCC1CN. The van der Waals surface area contributed by atoms with Crippen LogP contribution in [-0.4, -0.2) is 18.6 Å². The predicted octanol–water partition coefficient (Wildman–Crippen LogP) is 2.53. The van der Waals surface area contributed by atoms with Gasteiger partial charge in [-0.3, -0.25) is 0 Å². The lowest BCUT2D eigenvalue weighted by Gasteiger charge is -2.25. The first-order valence-corrected chi connectivity index (χ1v) is 6.63. The molecule has 2 nitrogen and oxygen atoms in total. The molecule has 0 aromatic rings. The number of nitrogens with two attached hydrogens (primary N) is 1. The largest absolute Gasteiger partial charge is 0.330 e. The minimum Gasteiger partial charge on any atom is -0.330 e. The molecule has 1 rings (SSSR count). The maximum atomic E-state index is 5.79. The lowest BCUT2D eigenvalue weighted by molar-refractivity contribution is 0.331. The van der Waals surface area contributed by atoms with Crippen LogP contribution in [0.3, 0.4) is 0 Å². The smallest absolute Gasteiger partial charge is 0.0110 e. The van der Waals surface area contributed by atoms with E-state index in [0.717, 1.165) is 18.4 Å². The van der Waals surface area contributed by atoms with Gasteiger partial charge in [-0.05, 0) is 44.6 Å². The standard InChI is InChI=1S/C13H28N2/c1-4-10(2)8-11(3)15-13-7-5-6-12(13)9-14/h10-13,15H,4-9,14H2,1-3H3. The van der Waals surface area contributed by atoms with Gasteiger partial charge in [0.05, 0.1) is 0 Å². The molecule has 0 heterocycles. The third-order valence-electron chi connectivity index (χ3n) is 3.91. The van der Waals surface area contributed by atoms with Crippen LogP contribution in [-0.2, 0) is 0 Å². The minimum absolute atomic E-state index is 0.650. The highest BCUT2D eigenvalue weighted by molar-refractivity contribution is 4.85. The maximum absolute atomic E-state index is 5.79. The quantitative estimate of drug-likeness (QED) is 0.710. The van der Waals surface area contributed by atoms with Gasteiger partial charge in [-0.25, -0.2) is 0 Å². The molecule has 0 spiro atoms. The summed E-state index contributed by atoms with van der Waals surface area (Å²) >= 11 is 0. The van der Waals surface area contributed by atoms with Crippen LogP contribution < -0.4 is 11.1 Å². The van der Waals surface area contributed by atoms with Crippen LogP contribution in [0.5, 0.6) is 0 Å². The second-order valence-corrected chi connectivity index (χ2v) is 5.35. The van der Waals surface area contributed by atoms with E-state index in [4.69, 9.17) is 5.73 Å². The van der Waals surface area contributed by atoms with E-state index in [-0.39, 0.29) is 0 Å². The van der Waals surface area contributed by atoms with Crippen LogP contribution in [0.25, 0.3) is 0 Å². The predicted molar refractivity (Wildman–Crippen MR) is 66.9 cm³/mol. The first kappa shape index (κ1) is 13.0. The molecule has 0 saturated heterocycles. The molecule has 2 heteroatoms. The van der Waals surface area contributed by atoms with E-state index in [1.54, 1.807) is 0 Å². The average Bonchev–Trinajstić information content (AvgIpc) is 2.64. The van der Waals surface area contributed by atoms with E-state index in [9.17, 15) is 0 Å². The zero-order valence-corrected chi connectivity index (χ0v) is 10.6. The third kappa shape index (κ3) is 4.12. The van der Waals surface area contributed by atoms with Crippen LogP contribution in [0.15, 0.2) is 0 Å². The first-order valence-electron chi connectivity index (χ1n) is 6.63. The van der Waals surface area contributed by atoms with E-state index in [2.05, 4.69) is 26.1 Å². The van der Waals surface area contributed by atoms with E-state index in [1.165, 1.54) is 32.1 Å². The molecular formula is C13H28N2. The summed E-state index contributed by atoms with van der Waals surface area (Å²) in [6.07, 6.45) is 6.59. The van der Waals surface area contributed by atoms with Gasteiger partial charge in [-0.15, -0.1) is 0 Å². The first-order chi connectivity index (χ1) is 7.17. The summed E-state index contributed by atoms with van der Waals surface area (Å²) in [5.41, 5.74) is 5.79. The fourth-order valence-corrected chi connectivity index (χ4v) is 2.74. The Morgan fingerprint density at radius 1 is 1.33 bits per heavy atom. The lowest BCUT2D eigenvalue weighted by Crippen LogP contribution is -2.41. The Balaban J connectivity index is 2.27. The molecule has 1 aliphatic rings. The van der Waals surface area contributed by atoms with Gasteiger partial charge in [-0.2, -0.15) is 0 Å². The highest BCUT2D eigenvalue weighted by Gasteiger charge is 2.26. The van der Waals surface area contributed by atoms with E-state index >= 15 is 0 Å². The van der Waals surface area contributed by atoms with Gasteiger partial charge < -0.3 is 11.1 Å². The summed E-state index contributed by atoms with van der Waals surface area (Å²) in [4.78, 5) is 0. The van der Waals surface area contributed by atoms with E-state index in [1.807, 2.05) is 0 Å². The van der Waals surface area contributed by atoms with Crippen molar-refractivity contribution in [3.05, 3.63) is 0 Å². The molecule has 0 bridgehead atoms.